The highest BCUT2D eigenvalue weighted by Crippen LogP contribution is 2.41. The molecule has 326 valence electrons. The number of hydrogen-bond acceptors (Lipinski definition) is 13. The van der Waals surface area contributed by atoms with Crippen LogP contribution in [0.25, 0.3) is 0 Å². The van der Waals surface area contributed by atoms with Gasteiger partial charge in [-0.2, -0.15) is 0 Å². The second kappa shape index (κ2) is 22.0. The first-order valence-corrected chi connectivity index (χ1v) is 20.5. The zero-order valence-electron chi connectivity index (χ0n) is 36.4. The van der Waals surface area contributed by atoms with Crippen molar-refractivity contribution in [1.29, 1.82) is 0 Å². The highest BCUT2D eigenvalue weighted by atomic mass is 16.7. The number of hydrogen-bond donors (Lipinski definition) is 6. The van der Waals surface area contributed by atoms with Crippen LogP contribution >= 0.6 is 0 Å². The number of aliphatic imine (C=N–C) groups is 1. The average molecular weight is 815 g/mol. The Labute approximate surface area is 345 Å². The molecule has 0 aliphatic carbocycles. The van der Waals surface area contributed by atoms with E-state index in [-0.39, 0.29) is 17.5 Å². The van der Waals surface area contributed by atoms with E-state index in [4.69, 9.17) is 23.9 Å². The third kappa shape index (κ3) is 11.9. The predicted molar refractivity (Wildman–Crippen MR) is 224 cm³/mol. The van der Waals surface area contributed by atoms with E-state index < -0.39 is 78.5 Å². The molecule has 0 spiro atoms. The van der Waals surface area contributed by atoms with Gasteiger partial charge in [0.05, 0.1) is 48.3 Å². The fourth-order valence-electron chi connectivity index (χ4n) is 7.91. The molecule has 1 saturated heterocycles. The Morgan fingerprint density at radius 2 is 1.78 bits per heavy atom. The van der Waals surface area contributed by atoms with Gasteiger partial charge < -0.3 is 54.9 Å². The Hall–Kier alpha value is -3.79. The Balaban J connectivity index is 2.28. The number of ether oxygens (including phenoxy) is 4. The molecule has 0 aromatic carbocycles. The molecule has 1 amide bonds. The second-order valence-corrected chi connectivity index (χ2v) is 16.3. The van der Waals surface area contributed by atoms with Gasteiger partial charge in [0.1, 0.15) is 11.9 Å². The number of nitrogens with zero attached hydrogens (tertiary/aromatic N) is 2. The lowest BCUT2D eigenvalue weighted by molar-refractivity contribution is -0.189. The molecule has 0 saturated carbocycles. The summed E-state index contributed by atoms with van der Waals surface area (Å²) in [6.07, 6.45) is 6.14. The van der Waals surface area contributed by atoms with E-state index in [0.717, 1.165) is 19.3 Å². The lowest BCUT2D eigenvalue weighted by Gasteiger charge is -2.38. The number of aliphatic hydroxyl groups is 4. The number of methoxy groups -OCH3 is 1. The van der Waals surface area contributed by atoms with E-state index in [2.05, 4.69) is 22.1 Å². The summed E-state index contributed by atoms with van der Waals surface area (Å²) >= 11 is 0. The number of carbonyl (C=O) groups excluding carboxylic acids is 2. The Morgan fingerprint density at radius 1 is 1.09 bits per heavy atom. The van der Waals surface area contributed by atoms with E-state index >= 15 is 0 Å². The third-order valence-electron chi connectivity index (χ3n) is 11.8. The molecule has 6 N–H and O–H groups in total. The molecule has 0 aromatic rings. The molecule has 0 aromatic heterocycles. The van der Waals surface area contributed by atoms with Crippen LogP contribution in [-0.2, 0) is 28.5 Å². The summed E-state index contributed by atoms with van der Waals surface area (Å²) in [7, 11) is 5.53. The van der Waals surface area contributed by atoms with Crippen molar-refractivity contribution in [2.75, 3.05) is 40.9 Å². The number of nitrogens with one attached hydrogen (secondary N) is 2. The number of allylic oxidation sites excluding steroid dienone is 3. The number of fused-ring (bicyclic) bond motifs is 3. The van der Waals surface area contributed by atoms with Gasteiger partial charge in [-0.25, -0.2) is 0 Å². The molecular formula is C44H70N4O10. The molecule has 3 aliphatic rings. The molecule has 14 heteroatoms. The van der Waals surface area contributed by atoms with Crippen molar-refractivity contribution >= 4 is 17.6 Å². The molecule has 2 bridgehead atoms. The maximum atomic E-state index is 13.7. The monoisotopic (exact) mass is 815 g/mol. The van der Waals surface area contributed by atoms with Gasteiger partial charge in [-0.3, -0.25) is 14.6 Å². The van der Waals surface area contributed by atoms with Crippen LogP contribution in [0.2, 0.25) is 0 Å². The number of likely N-dealkylation sites (N-methyl/N-ethyl adjacent to an activating group) is 1. The molecule has 0 radical (unpaired) electrons. The third-order valence-corrected chi connectivity index (χ3v) is 11.8. The van der Waals surface area contributed by atoms with Crippen molar-refractivity contribution in [1.82, 2.24) is 15.5 Å². The summed E-state index contributed by atoms with van der Waals surface area (Å²) in [6.45, 7) is 18.2. The van der Waals surface area contributed by atoms with Gasteiger partial charge in [-0.1, -0.05) is 59.4 Å². The van der Waals surface area contributed by atoms with Crippen molar-refractivity contribution in [2.24, 2.45) is 28.7 Å². The normalized spacial score (nSPS) is 36.1. The van der Waals surface area contributed by atoms with Crippen LogP contribution in [0.3, 0.4) is 0 Å². The van der Waals surface area contributed by atoms with E-state index in [0.29, 0.717) is 47.6 Å². The first kappa shape index (κ1) is 48.6. The van der Waals surface area contributed by atoms with Crippen LogP contribution in [0.1, 0.15) is 81.1 Å². The molecule has 14 nitrogen and oxygen atoms in total. The molecule has 1 unspecified atom stereocenters. The Kier molecular flexibility index (Phi) is 18.4. The van der Waals surface area contributed by atoms with Crippen LogP contribution in [-0.4, -0.2) is 126 Å². The molecule has 58 heavy (non-hydrogen) atoms. The minimum Gasteiger partial charge on any atom is -0.462 e. The minimum absolute atomic E-state index is 0.140. The van der Waals surface area contributed by atoms with Crippen LogP contribution in [0.15, 0.2) is 76.0 Å². The van der Waals surface area contributed by atoms with Crippen molar-refractivity contribution < 1.29 is 49.0 Å². The topological polar surface area (TPSA) is 192 Å². The first-order chi connectivity index (χ1) is 27.3. The average Bonchev–Trinajstić information content (AvgIpc) is 3.40. The van der Waals surface area contributed by atoms with Crippen molar-refractivity contribution in [2.45, 2.75) is 123 Å². The van der Waals surface area contributed by atoms with Gasteiger partial charge in [-0.05, 0) is 58.4 Å². The fraction of sp³-hybridized carbons (Fsp3) is 0.659. The maximum absolute atomic E-state index is 13.7. The second-order valence-electron chi connectivity index (χ2n) is 16.3. The van der Waals surface area contributed by atoms with Crippen LogP contribution in [0.4, 0.5) is 0 Å². The highest BCUT2D eigenvalue weighted by Gasteiger charge is 2.49. The molecular weight excluding hydrogens is 745 g/mol. The van der Waals surface area contributed by atoms with Crippen LogP contribution in [0.5, 0.6) is 0 Å². The lowest BCUT2D eigenvalue weighted by Crippen LogP contribution is -2.46. The summed E-state index contributed by atoms with van der Waals surface area (Å²) in [4.78, 5) is 33.3. The lowest BCUT2D eigenvalue weighted by atomic mass is 9.78. The van der Waals surface area contributed by atoms with Gasteiger partial charge in [0.15, 0.2) is 6.10 Å². The Bertz CT molecular complexity index is 1630. The van der Waals surface area contributed by atoms with Crippen molar-refractivity contribution in [3.05, 3.63) is 71.0 Å². The van der Waals surface area contributed by atoms with Gasteiger partial charge in [0, 0.05) is 74.9 Å². The first-order valence-electron chi connectivity index (χ1n) is 20.5. The molecule has 11 atom stereocenters. The van der Waals surface area contributed by atoms with Gasteiger partial charge in [0.2, 0.25) is 0 Å². The largest absolute Gasteiger partial charge is 0.462 e. The summed E-state index contributed by atoms with van der Waals surface area (Å²) in [5, 5.41) is 52.2. The molecule has 3 rings (SSSR count). The molecule has 3 aliphatic heterocycles. The van der Waals surface area contributed by atoms with Gasteiger partial charge in [-0.15, -0.1) is 0 Å². The standard InChI is InChI=1S/C44H70N4O10/c1-13-33-36-30(7)58-44(9,42(36)53)56-22-20-35(55-12)27(4)41(57-31(8)50)29(6)40(52)28(5)39(51)25(2)17-16-18-26(3)43(54)47-34(24-49)38-37(33)45-21-15-14-19-32(23-46-38)48(10)11/h16-18,20,22,25,27-29,32,35,39-42,46,49,51-53H,7,13-15,19,21,23-24H2,1-6,8-12H3,(H,47,54)/b17-16+,22-20+,26-18-,36-33?,38-34?,45-37?/t25-,27+,28+,29+,32-,35-,39-,40+,41+,42?,44-/m0/s1. The predicted octanol–water partition coefficient (Wildman–Crippen LogP) is 4.04. The van der Waals surface area contributed by atoms with Gasteiger partial charge in [0.25, 0.3) is 11.7 Å². The highest BCUT2D eigenvalue weighted by molar-refractivity contribution is 6.14. The minimum atomic E-state index is -1.63. The summed E-state index contributed by atoms with van der Waals surface area (Å²) in [5.41, 5.74) is 2.38. The zero-order valence-corrected chi connectivity index (χ0v) is 36.4. The van der Waals surface area contributed by atoms with E-state index in [9.17, 15) is 30.0 Å². The van der Waals surface area contributed by atoms with Crippen molar-refractivity contribution in [3.8, 4) is 0 Å². The smallest absolute Gasteiger partial charge is 0.302 e. The van der Waals surface area contributed by atoms with Crippen molar-refractivity contribution in [3.63, 3.8) is 0 Å². The number of esters is 1. The number of carbonyl (C=O) groups is 2. The SMILES string of the molecule is C=C1O[C@]2(C)O/C=C/[C@H](OC)[C@@H](C)[C@@H](OC(C)=O)[C@H](C)[C@H](O)[C@H](C)[C@@H](O)[C@@H](C)/C=C/C=C(/C)C(=O)NC(CO)=C3NC[C@@H](N(C)C)CCCCN=C3C(CC)=C1C2O. The quantitative estimate of drug-likeness (QED) is 0.219. The van der Waals surface area contributed by atoms with Crippen LogP contribution < -0.4 is 10.6 Å². The molecule has 3 heterocycles. The summed E-state index contributed by atoms with van der Waals surface area (Å²) in [6, 6.07) is 0.140. The molecule has 1 fully saturated rings. The fourth-order valence-corrected chi connectivity index (χ4v) is 7.91. The summed E-state index contributed by atoms with van der Waals surface area (Å²) < 4.78 is 23.9. The van der Waals surface area contributed by atoms with Gasteiger partial charge >= 0.3 is 5.97 Å². The number of rotatable bonds is 5. The number of aliphatic hydroxyl groups excluding tert-OH is 4. The van der Waals surface area contributed by atoms with E-state index in [1.807, 2.05) is 34.9 Å². The Morgan fingerprint density at radius 3 is 2.38 bits per heavy atom. The van der Waals surface area contributed by atoms with E-state index in [1.165, 1.54) is 20.3 Å². The maximum Gasteiger partial charge on any atom is 0.302 e. The summed E-state index contributed by atoms with van der Waals surface area (Å²) in [5.74, 6) is -4.65. The number of amides is 1. The van der Waals surface area contributed by atoms with E-state index in [1.54, 1.807) is 52.0 Å². The zero-order chi connectivity index (χ0) is 43.5. The van der Waals surface area contributed by atoms with Crippen LogP contribution in [0, 0.1) is 23.7 Å².